The topological polar surface area (TPSA) is 31.5 Å². The third kappa shape index (κ3) is 4.58. The maximum absolute atomic E-state index is 2.29. The van der Waals surface area contributed by atoms with Gasteiger partial charge in [-0.25, -0.2) is 0 Å². The van der Waals surface area contributed by atoms with E-state index in [0.29, 0.717) is 5.92 Å². The van der Waals surface area contributed by atoms with E-state index in [9.17, 15) is 0 Å². The average molecular weight is 232 g/mol. The molecule has 17 heavy (non-hydrogen) atoms. The normalized spacial score (nSPS) is 14.9. The van der Waals surface area contributed by atoms with Crippen LogP contribution in [-0.2, 0) is 0 Å². The highest BCUT2D eigenvalue weighted by Crippen LogP contribution is 2.28. The van der Waals surface area contributed by atoms with E-state index in [-0.39, 0.29) is 5.48 Å². The molecule has 0 heterocycles. The summed E-state index contributed by atoms with van der Waals surface area (Å²) in [4.78, 5) is 0. The van der Waals surface area contributed by atoms with E-state index in [4.69, 9.17) is 0 Å². The molecule has 2 N–H and O–H groups in total. The first kappa shape index (κ1) is 15.7. The van der Waals surface area contributed by atoms with E-state index < -0.39 is 0 Å². The van der Waals surface area contributed by atoms with Crippen LogP contribution in [0.3, 0.4) is 0 Å². The molecule has 1 unspecified atom stereocenters. The van der Waals surface area contributed by atoms with Crippen molar-refractivity contribution in [1.29, 1.82) is 0 Å². The van der Waals surface area contributed by atoms with Gasteiger partial charge in [0.05, 0.1) is 0 Å². The lowest BCUT2D eigenvalue weighted by Crippen LogP contribution is -1.99. The first-order valence-electron chi connectivity index (χ1n) is 6.28. The van der Waals surface area contributed by atoms with Crippen LogP contribution in [0.2, 0.25) is 0 Å². The van der Waals surface area contributed by atoms with Gasteiger partial charge >= 0.3 is 0 Å². The van der Waals surface area contributed by atoms with Crippen molar-refractivity contribution in [2.24, 2.45) is 0 Å². The number of hydrogen-bond donors (Lipinski definition) is 0. The second kappa shape index (κ2) is 8.77. The van der Waals surface area contributed by atoms with Crippen molar-refractivity contribution in [2.45, 2.75) is 39.5 Å². The molecular weight excluding hydrogens is 208 g/mol. The van der Waals surface area contributed by atoms with Crippen molar-refractivity contribution in [3.05, 3.63) is 59.7 Å². The van der Waals surface area contributed by atoms with Gasteiger partial charge in [0, 0.05) is 5.92 Å². The van der Waals surface area contributed by atoms with E-state index in [1.165, 1.54) is 18.4 Å². The van der Waals surface area contributed by atoms with Crippen molar-refractivity contribution in [3.8, 4) is 0 Å². The van der Waals surface area contributed by atoms with Crippen LogP contribution in [0.15, 0.2) is 54.1 Å². The number of rotatable bonds is 2. The summed E-state index contributed by atoms with van der Waals surface area (Å²) < 4.78 is 0. The molecule has 0 spiro atoms. The lowest BCUT2D eigenvalue weighted by Gasteiger charge is -2.17. The number of allylic oxidation sites excluding steroid dienone is 4. The Labute approximate surface area is 105 Å². The van der Waals surface area contributed by atoms with Crippen LogP contribution in [-0.4, -0.2) is 5.48 Å². The van der Waals surface area contributed by atoms with Gasteiger partial charge in [-0.3, -0.25) is 0 Å². The molecule has 1 nitrogen and oxygen atoms in total. The average Bonchev–Trinajstić information content (AvgIpc) is 2.42. The Bertz CT molecular complexity index is 349. The summed E-state index contributed by atoms with van der Waals surface area (Å²) >= 11 is 0. The zero-order valence-electron chi connectivity index (χ0n) is 11.1. The van der Waals surface area contributed by atoms with Crippen LogP contribution in [0.5, 0.6) is 0 Å². The molecule has 0 aromatic heterocycles. The first-order valence-corrected chi connectivity index (χ1v) is 6.28. The van der Waals surface area contributed by atoms with Gasteiger partial charge in [0.15, 0.2) is 0 Å². The molecule has 94 valence electrons. The third-order valence-electron chi connectivity index (χ3n) is 2.90. The van der Waals surface area contributed by atoms with Crippen molar-refractivity contribution >= 4 is 0 Å². The molecule has 1 aromatic rings. The zero-order chi connectivity index (χ0) is 11.8. The smallest absolute Gasteiger partial charge is 0.00230 e. The minimum atomic E-state index is 0. The zero-order valence-corrected chi connectivity index (χ0v) is 11.1. The molecule has 0 amide bonds. The molecule has 2 rings (SSSR count). The fourth-order valence-corrected chi connectivity index (χ4v) is 1.94. The standard InChI is InChI=1S/C14H16.C2H6.H2O/c1-12(13-8-4-2-5-9-13)14-10-6-3-7-11-14;1-2;/h2-6,8-10,12H,7,11H2,1H3;1-2H3;1H2. The van der Waals surface area contributed by atoms with Gasteiger partial charge in [-0.15, -0.1) is 0 Å². The van der Waals surface area contributed by atoms with Crippen LogP contribution in [0.25, 0.3) is 0 Å². The van der Waals surface area contributed by atoms with E-state index in [1.807, 2.05) is 13.8 Å². The van der Waals surface area contributed by atoms with Gasteiger partial charge < -0.3 is 5.48 Å². The summed E-state index contributed by atoms with van der Waals surface area (Å²) in [5.74, 6) is 0.571. The van der Waals surface area contributed by atoms with Crippen molar-refractivity contribution in [2.75, 3.05) is 0 Å². The lowest BCUT2D eigenvalue weighted by atomic mass is 9.88. The summed E-state index contributed by atoms with van der Waals surface area (Å²) in [6.07, 6.45) is 9.09. The van der Waals surface area contributed by atoms with Gasteiger partial charge in [-0.2, -0.15) is 0 Å². The van der Waals surface area contributed by atoms with Gasteiger partial charge in [0.2, 0.25) is 0 Å². The van der Waals surface area contributed by atoms with Gasteiger partial charge in [0.25, 0.3) is 0 Å². The van der Waals surface area contributed by atoms with Gasteiger partial charge in [0.1, 0.15) is 0 Å². The van der Waals surface area contributed by atoms with E-state index in [1.54, 1.807) is 5.57 Å². The Balaban J connectivity index is 0.000000811. The highest BCUT2D eigenvalue weighted by atomic mass is 16.0. The van der Waals surface area contributed by atoms with Crippen LogP contribution in [0, 0.1) is 0 Å². The van der Waals surface area contributed by atoms with E-state index in [2.05, 4.69) is 55.5 Å². The SMILES string of the molecule is CC.CC(C1=CC=CCC1)c1ccccc1.O. The van der Waals surface area contributed by atoms with Crippen LogP contribution >= 0.6 is 0 Å². The Kier molecular flexibility index (Phi) is 8.08. The fraction of sp³-hybridized carbons (Fsp3) is 0.375. The summed E-state index contributed by atoms with van der Waals surface area (Å²) in [6.45, 7) is 6.29. The predicted molar refractivity (Wildman–Crippen MR) is 76.3 cm³/mol. The maximum atomic E-state index is 2.29. The molecule has 1 aromatic carbocycles. The summed E-state index contributed by atoms with van der Waals surface area (Å²) in [7, 11) is 0. The molecule has 0 radical (unpaired) electrons. The summed E-state index contributed by atoms with van der Waals surface area (Å²) in [6, 6.07) is 10.7. The molecule has 0 fully saturated rings. The second-order valence-electron chi connectivity index (χ2n) is 3.84. The Morgan fingerprint density at radius 3 is 2.24 bits per heavy atom. The lowest BCUT2D eigenvalue weighted by molar-refractivity contribution is 0.799. The molecule has 0 aliphatic heterocycles. The first-order chi connectivity index (χ1) is 7.88. The highest BCUT2D eigenvalue weighted by Gasteiger charge is 2.10. The van der Waals surface area contributed by atoms with Crippen molar-refractivity contribution in [1.82, 2.24) is 0 Å². The molecule has 0 bridgehead atoms. The van der Waals surface area contributed by atoms with Crippen molar-refractivity contribution < 1.29 is 5.48 Å². The predicted octanol–water partition coefficient (Wildman–Crippen LogP) is 4.27. The maximum Gasteiger partial charge on any atom is 0.00230 e. The Hall–Kier alpha value is -1.34. The molecule has 1 aliphatic rings. The molecule has 0 saturated heterocycles. The summed E-state index contributed by atoms with van der Waals surface area (Å²) in [5.41, 5.74) is 2.98. The quantitative estimate of drug-likeness (QED) is 0.729. The Morgan fingerprint density at radius 2 is 1.71 bits per heavy atom. The van der Waals surface area contributed by atoms with Gasteiger partial charge in [-0.1, -0.05) is 74.9 Å². The molecule has 0 saturated carbocycles. The molecule has 1 aliphatic carbocycles. The van der Waals surface area contributed by atoms with Crippen LogP contribution < -0.4 is 0 Å². The van der Waals surface area contributed by atoms with E-state index >= 15 is 0 Å². The molecular formula is C16H24O. The highest BCUT2D eigenvalue weighted by molar-refractivity contribution is 5.31. The summed E-state index contributed by atoms with van der Waals surface area (Å²) in [5, 5.41) is 0. The Morgan fingerprint density at radius 1 is 1.06 bits per heavy atom. The van der Waals surface area contributed by atoms with E-state index in [0.717, 1.165) is 0 Å². The molecule has 1 heteroatoms. The second-order valence-corrected chi connectivity index (χ2v) is 3.84. The number of benzene rings is 1. The minimum Gasteiger partial charge on any atom is -0.412 e. The van der Waals surface area contributed by atoms with Crippen LogP contribution in [0.4, 0.5) is 0 Å². The fourth-order valence-electron chi connectivity index (χ4n) is 1.94. The van der Waals surface area contributed by atoms with Gasteiger partial charge in [-0.05, 0) is 18.4 Å². The van der Waals surface area contributed by atoms with Crippen molar-refractivity contribution in [3.63, 3.8) is 0 Å². The third-order valence-corrected chi connectivity index (χ3v) is 2.90. The monoisotopic (exact) mass is 232 g/mol. The van der Waals surface area contributed by atoms with Crippen LogP contribution in [0.1, 0.15) is 45.1 Å². The minimum absolute atomic E-state index is 0. The number of hydrogen-bond acceptors (Lipinski definition) is 0. The largest absolute Gasteiger partial charge is 0.412 e. The molecule has 1 atom stereocenters.